The number of benzene rings is 1. The molecule has 1 aromatic carbocycles. The second-order valence-corrected chi connectivity index (χ2v) is 8.79. The van der Waals surface area contributed by atoms with Crippen LogP contribution in [0.5, 0.6) is 0 Å². The predicted molar refractivity (Wildman–Crippen MR) is 141 cm³/mol. The first-order valence-electron chi connectivity index (χ1n) is 10.7. The van der Waals surface area contributed by atoms with Gasteiger partial charge in [0, 0.05) is 48.4 Å². The number of nitrogens with zero attached hydrogens (tertiary/aromatic N) is 4. The second kappa shape index (κ2) is 12.4. The maximum atomic E-state index is 12.6. The van der Waals surface area contributed by atoms with Gasteiger partial charge in [-0.1, -0.05) is 29.8 Å². The van der Waals surface area contributed by atoms with Gasteiger partial charge in [0.2, 0.25) is 11.9 Å². The fourth-order valence-corrected chi connectivity index (χ4v) is 4.11. The van der Waals surface area contributed by atoms with E-state index >= 15 is 0 Å². The van der Waals surface area contributed by atoms with Gasteiger partial charge in [0.1, 0.15) is 5.65 Å². The highest BCUT2D eigenvalue weighted by Crippen LogP contribution is 2.26. The summed E-state index contributed by atoms with van der Waals surface area (Å²) in [6.07, 6.45) is 3.73. The molecule has 11 heteroatoms. The third-order valence-electron chi connectivity index (χ3n) is 5.87. The number of carbonyl (C=O) groups is 1. The van der Waals surface area contributed by atoms with E-state index in [4.69, 9.17) is 11.6 Å². The third kappa shape index (κ3) is 6.60. The van der Waals surface area contributed by atoms with Gasteiger partial charge in [-0.2, -0.15) is 4.98 Å². The molecule has 0 bridgehead atoms. The van der Waals surface area contributed by atoms with Crippen LogP contribution in [-0.2, 0) is 4.79 Å². The normalized spacial score (nSPS) is 14.2. The number of halogens is 3. The summed E-state index contributed by atoms with van der Waals surface area (Å²) in [5.41, 5.74) is 1.42. The highest BCUT2D eigenvalue weighted by Gasteiger charge is 2.21. The van der Waals surface area contributed by atoms with Crippen molar-refractivity contribution < 1.29 is 4.79 Å². The number of amides is 1. The van der Waals surface area contributed by atoms with Crippen molar-refractivity contribution >= 4 is 59.3 Å². The van der Waals surface area contributed by atoms with Gasteiger partial charge >= 0.3 is 0 Å². The van der Waals surface area contributed by atoms with Crippen LogP contribution in [0.1, 0.15) is 12.8 Å². The Morgan fingerprint density at radius 1 is 1.21 bits per heavy atom. The molecule has 1 saturated heterocycles. The zero-order valence-corrected chi connectivity index (χ0v) is 21.5. The minimum Gasteiger partial charge on any atom is -0.354 e. The average molecular weight is 528 g/mol. The number of aromatic amines is 1. The lowest BCUT2D eigenvalue weighted by atomic mass is 9.97. The summed E-state index contributed by atoms with van der Waals surface area (Å²) in [7, 11) is 3.57. The zero-order chi connectivity index (χ0) is 22.7. The molecule has 3 heterocycles. The van der Waals surface area contributed by atoms with E-state index < -0.39 is 0 Å². The molecule has 0 unspecified atom stereocenters. The van der Waals surface area contributed by atoms with Gasteiger partial charge in [-0.25, -0.2) is 4.98 Å². The number of piperidine rings is 1. The minimum absolute atomic E-state index is 0. The quantitative estimate of drug-likeness (QED) is 0.508. The Balaban J connectivity index is 0.00000204. The highest BCUT2D eigenvalue weighted by molar-refractivity contribution is 6.33. The monoisotopic (exact) mass is 526 g/mol. The average Bonchev–Trinajstić information content (AvgIpc) is 2.78. The smallest absolute Gasteiger partial charge is 0.257 e. The maximum absolute atomic E-state index is 12.6. The number of likely N-dealkylation sites (N-methyl/N-ethyl adjacent to an activating group) is 1. The van der Waals surface area contributed by atoms with Crippen LogP contribution >= 0.6 is 36.4 Å². The molecular formula is C23H29Cl3N6O2. The molecular weight excluding hydrogens is 499 g/mol. The van der Waals surface area contributed by atoms with Crippen LogP contribution in [-0.4, -0.2) is 70.9 Å². The number of nitrogens with one attached hydrogen (secondary N) is 2. The van der Waals surface area contributed by atoms with Crippen molar-refractivity contribution in [2.24, 2.45) is 5.92 Å². The molecule has 0 aliphatic carbocycles. The third-order valence-corrected chi connectivity index (χ3v) is 6.20. The highest BCUT2D eigenvalue weighted by atomic mass is 35.5. The topological polar surface area (TPSA) is 94.2 Å². The lowest BCUT2D eigenvalue weighted by Crippen LogP contribution is -2.42. The molecule has 1 aliphatic heterocycles. The van der Waals surface area contributed by atoms with Gasteiger partial charge in [0.05, 0.1) is 6.54 Å². The Hall–Kier alpha value is -2.39. The van der Waals surface area contributed by atoms with Crippen LogP contribution in [0.3, 0.4) is 0 Å². The van der Waals surface area contributed by atoms with E-state index in [1.807, 2.05) is 18.2 Å². The van der Waals surface area contributed by atoms with E-state index in [1.54, 1.807) is 37.3 Å². The van der Waals surface area contributed by atoms with Gasteiger partial charge in [-0.05, 0) is 44.0 Å². The van der Waals surface area contributed by atoms with Crippen molar-refractivity contribution in [1.29, 1.82) is 0 Å². The van der Waals surface area contributed by atoms with Gasteiger partial charge < -0.3 is 15.2 Å². The van der Waals surface area contributed by atoms with Crippen molar-refractivity contribution in [3.63, 3.8) is 0 Å². The summed E-state index contributed by atoms with van der Waals surface area (Å²) >= 11 is 6.25. The SMILES string of the molecule is CN(C)C(=O)CN1CCC(CNc2ncc3cc(-c4ccccc4Cl)c(=O)[nH]c3n2)CC1.Cl.Cl. The predicted octanol–water partition coefficient (Wildman–Crippen LogP) is 3.69. The molecule has 2 N–H and O–H groups in total. The number of H-pyrrole nitrogens is 1. The Morgan fingerprint density at radius 3 is 2.59 bits per heavy atom. The van der Waals surface area contributed by atoms with Crippen LogP contribution in [0.25, 0.3) is 22.2 Å². The van der Waals surface area contributed by atoms with Crippen LogP contribution < -0.4 is 10.9 Å². The lowest BCUT2D eigenvalue weighted by Gasteiger charge is -2.32. The van der Waals surface area contributed by atoms with Crippen molar-refractivity contribution in [3.8, 4) is 11.1 Å². The van der Waals surface area contributed by atoms with Crippen molar-refractivity contribution in [2.45, 2.75) is 12.8 Å². The number of pyridine rings is 1. The summed E-state index contributed by atoms with van der Waals surface area (Å²) in [5, 5.41) is 4.56. The molecule has 0 radical (unpaired) electrons. The number of fused-ring (bicyclic) bond motifs is 1. The number of hydrogen-bond donors (Lipinski definition) is 2. The Morgan fingerprint density at radius 2 is 1.91 bits per heavy atom. The zero-order valence-electron chi connectivity index (χ0n) is 19.1. The summed E-state index contributed by atoms with van der Waals surface area (Å²) in [6.45, 7) is 3.04. The second-order valence-electron chi connectivity index (χ2n) is 8.38. The van der Waals surface area contributed by atoms with Crippen molar-refractivity contribution in [1.82, 2.24) is 24.8 Å². The molecule has 0 saturated carbocycles. The number of rotatable bonds is 6. The van der Waals surface area contributed by atoms with Gasteiger partial charge in [-0.3, -0.25) is 14.5 Å². The van der Waals surface area contributed by atoms with Crippen LogP contribution in [0.2, 0.25) is 5.02 Å². The molecule has 4 rings (SSSR count). The Bertz CT molecular complexity index is 1180. The Kier molecular flexibility index (Phi) is 10.1. The molecule has 1 aliphatic rings. The number of aromatic nitrogens is 3. The fraction of sp³-hybridized carbons (Fsp3) is 0.391. The van der Waals surface area contributed by atoms with E-state index in [0.29, 0.717) is 40.2 Å². The molecule has 1 amide bonds. The number of anilines is 1. The van der Waals surface area contributed by atoms with Crippen LogP contribution in [0.15, 0.2) is 41.3 Å². The lowest BCUT2D eigenvalue weighted by molar-refractivity contribution is -0.130. The number of hydrogen-bond acceptors (Lipinski definition) is 6. The largest absolute Gasteiger partial charge is 0.354 e. The molecule has 0 atom stereocenters. The Labute approximate surface area is 215 Å². The molecule has 0 spiro atoms. The van der Waals surface area contributed by atoms with E-state index in [2.05, 4.69) is 25.2 Å². The number of carbonyl (C=O) groups excluding carboxylic acids is 1. The van der Waals surface area contributed by atoms with E-state index in [1.165, 1.54) is 0 Å². The summed E-state index contributed by atoms with van der Waals surface area (Å²) < 4.78 is 0. The molecule has 8 nitrogen and oxygen atoms in total. The fourth-order valence-electron chi connectivity index (χ4n) is 3.87. The van der Waals surface area contributed by atoms with Gasteiger partial charge in [-0.15, -0.1) is 24.8 Å². The molecule has 2 aromatic heterocycles. The van der Waals surface area contributed by atoms with Crippen molar-refractivity contribution in [3.05, 3.63) is 51.9 Å². The summed E-state index contributed by atoms with van der Waals surface area (Å²) in [5.74, 6) is 1.11. The van der Waals surface area contributed by atoms with E-state index in [0.717, 1.165) is 37.9 Å². The van der Waals surface area contributed by atoms with Crippen LogP contribution in [0.4, 0.5) is 5.95 Å². The molecule has 1 fully saturated rings. The summed E-state index contributed by atoms with van der Waals surface area (Å²) in [4.78, 5) is 40.1. The first kappa shape index (κ1) is 27.9. The van der Waals surface area contributed by atoms with Crippen LogP contribution in [0, 0.1) is 5.92 Å². The first-order valence-corrected chi connectivity index (χ1v) is 11.1. The molecule has 34 heavy (non-hydrogen) atoms. The maximum Gasteiger partial charge on any atom is 0.257 e. The minimum atomic E-state index is -0.241. The first-order chi connectivity index (χ1) is 15.4. The van der Waals surface area contributed by atoms with Gasteiger partial charge in [0.25, 0.3) is 5.56 Å². The molecule has 184 valence electrons. The van der Waals surface area contributed by atoms with Crippen molar-refractivity contribution in [2.75, 3.05) is 45.6 Å². The standard InChI is InChI=1S/C23H27ClN6O2.2ClH/c1-29(2)20(31)14-30-9-7-15(8-10-30)12-25-23-26-13-16-11-18(22(32)27-21(16)28-23)17-5-3-4-6-19(17)24;;/h3-6,11,13,15H,7-10,12,14H2,1-2H3,(H2,25,26,27,28,32);2*1H. The van der Waals surface area contributed by atoms with E-state index in [-0.39, 0.29) is 36.3 Å². The summed E-state index contributed by atoms with van der Waals surface area (Å²) in [6, 6.07) is 9.02. The molecule has 3 aromatic rings. The number of likely N-dealkylation sites (tertiary alicyclic amines) is 1. The van der Waals surface area contributed by atoms with E-state index in [9.17, 15) is 9.59 Å². The van der Waals surface area contributed by atoms with Gasteiger partial charge in [0.15, 0.2) is 0 Å².